The van der Waals surface area contributed by atoms with Crippen molar-refractivity contribution in [1.82, 2.24) is 0 Å². The van der Waals surface area contributed by atoms with Crippen LogP contribution < -0.4 is 4.74 Å². The average molecular weight is 303 g/mol. The molecule has 0 spiro atoms. The number of aliphatic imine (C=N–C) groups is 1. The number of ether oxygens (including phenoxy) is 1. The van der Waals surface area contributed by atoms with Gasteiger partial charge in [-0.05, 0) is 53.3 Å². The zero-order valence-corrected chi connectivity index (χ0v) is 12.8. The molecule has 0 bridgehead atoms. The van der Waals surface area contributed by atoms with Gasteiger partial charge in [-0.3, -0.25) is 4.99 Å². The van der Waals surface area contributed by atoms with Crippen molar-refractivity contribution in [2.75, 3.05) is 7.11 Å². The summed E-state index contributed by atoms with van der Waals surface area (Å²) in [5, 5.41) is 12.2. The second kappa shape index (κ2) is 6.79. The highest BCUT2D eigenvalue weighted by molar-refractivity contribution is 5.95. The van der Waals surface area contributed by atoms with Gasteiger partial charge >= 0.3 is 0 Å². The van der Waals surface area contributed by atoms with E-state index in [0.29, 0.717) is 0 Å². The molecule has 3 rings (SSSR count). The van der Waals surface area contributed by atoms with Gasteiger partial charge in [0.25, 0.3) is 0 Å². The molecule has 114 valence electrons. The number of hydrogen-bond acceptors (Lipinski definition) is 3. The summed E-state index contributed by atoms with van der Waals surface area (Å²) in [6.07, 6.45) is 5.40. The first kappa shape index (κ1) is 14.9. The van der Waals surface area contributed by atoms with Crippen LogP contribution in [0.2, 0.25) is 0 Å². The summed E-state index contributed by atoms with van der Waals surface area (Å²) in [6, 6.07) is 19.1. The molecular formula is C20H17NO2. The number of rotatable bonds is 4. The van der Waals surface area contributed by atoms with Crippen molar-refractivity contribution < 1.29 is 9.84 Å². The summed E-state index contributed by atoms with van der Waals surface area (Å²) < 4.78 is 5.11. The second-order valence-corrected chi connectivity index (χ2v) is 5.05. The second-order valence-electron chi connectivity index (χ2n) is 5.05. The van der Waals surface area contributed by atoms with Crippen LogP contribution in [0, 0.1) is 0 Å². The van der Waals surface area contributed by atoms with Gasteiger partial charge in [0.15, 0.2) is 0 Å². The highest BCUT2D eigenvalue weighted by Gasteiger charge is 2.02. The van der Waals surface area contributed by atoms with Crippen molar-refractivity contribution in [3.05, 3.63) is 72.3 Å². The van der Waals surface area contributed by atoms with Crippen LogP contribution in [-0.4, -0.2) is 18.4 Å². The molecule has 0 aliphatic rings. The van der Waals surface area contributed by atoms with Gasteiger partial charge in [0.2, 0.25) is 0 Å². The Morgan fingerprint density at radius 2 is 1.74 bits per heavy atom. The molecule has 0 saturated carbocycles. The largest absolute Gasteiger partial charge is 0.507 e. The summed E-state index contributed by atoms with van der Waals surface area (Å²) >= 11 is 0. The maximum atomic E-state index is 10.1. The molecule has 0 saturated heterocycles. The van der Waals surface area contributed by atoms with E-state index in [1.54, 1.807) is 19.4 Å². The first-order valence-corrected chi connectivity index (χ1v) is 7.33. The lowest BCUT2D eigenvalue weighted by Gasteiger charge is -2.04. The van der Waals surface area contributed by atoms with Gasteiger partial charge < -0.3 is 9.84 Å². The van der Waals surface area contributed by atoms with Gasteiger partial charge in [0, 0.05) is 11.8 Å². The van der Waals surface area contributed by atoms with E-state index in [1.165, 1.54) is 0 Å². The van der Waals surface area contributed by atoms with Crippen molar-refractivity contribution in [2.24, 2.45) is 4.99 Å². The molecule has 0 amide bonds. The third kappa shape index (κ3) is 3.40. The summed E-state index contributed by atoms with van der Waals surface area (Å²) in [5.74, 6) is 1.07. The molecule has 0 radical (unpaired) electrons. The van der Waals surface area contributed by atoms with Crippen LogP contribution in [0.5, 0.6) is 11.5 Å². The maximum Gasteiger partial charge on any atom is 0.123 e. The third-order valence-corrected chi connectivity index (χ3v) is 3.59. The summed E-state index contributed by atoms with van der Waals surface area (Å²) in [6.45, 7) is 0. The number of benzene rings is 3. The van der Waals surface area contributed by atoms with Gasteiger partial charge in [0.1, 0.15) is 11.5 Å². The van der Waals surface area contributed by atoms with Gasteiger partial charge in [0.05, 0.1) is 12.8 Å². The van der Waals surface area contributed by atoms with E-state index in [1.807, 2.05) is 66.7 Å². The number of allylic oxidation sites excluding steroid dienone is 1. The minimum atomic E-state index is 0.262. The number of nitrogens with zero attached hydrogens (tertiary/aromatic N) is 1. The predicted octanol–water partition coefficient (Wildman–Crippen LogP) is 4.97. The molecule has 1 N–H and O–H groups in total. The third-order valence-electron chi connectivity index (χ3n) is 3.59. The first-order chi connectivity index (χ1) is 11.3. The van der Waals surface area contributed by atoms with Crippen LogP contribution in [0.15, 0.2) is 71.7 Å². The fourth-order valence-corrected chi connectivity index (χ4v) is 2.40. The molecule has 0 aliphatic carbocycles. The van der Waals surface area contributed by atoms with Gasteiger partial charge in [-0.2, -0.15) is 0 Å². The summed E-state index contributed by atoms with van der Waals surface area (Å²) in [4.78, 5) is 4.36. The number of fused-ring (bicyclic) bond motifs is 1. The molecule has 23 heavy (non-hydrogen) atoms. The molecular weight excluding hydrogens is 286 g/mol. The number of aromatic hydroxyl groups is 1. The Balaban J connectivity index is 1.82. The van der Waals surface area contributed by atoms with E-state index in [9.17, 15) is 5.11 Å². The van der Waals surface area contributed by atoms with Crippen molar-refractivity contribution in [3.63, 3.8) is 0 Å². The zero-order chi connectivity index (χ0) is 16.1. The lowest BCUT2D eigenvalue weighted by atomic mass is 10.0. The van der Waals surface area contributed by atoms with Crippen LogP contribution in [-0.2, 0) is 0 Å². The van der Waals surface area contributed by atoms with Gasteiger partial charge in [-0.25, -0.2) is 0 Å². The molecule has 0 aliphatic heterocycles. The topological polar surface area (TPSA) is 41.8 Å². The van der Waals surface area contributed by atoms with E-state index >= 15 is 0 Å². The number of phenolic OH excluding ortho intramolecular Hbond substituents is 1. The quantitative estimate of drug-likeness (QED) is 0.691. The SMILES string of the molecule is COc1ccc(N=C/C=C/c2c(O)ccc3ccccc23)cc1. The molecule has 0 fully saturated rings. The normalized spacial score (nSPS) is 11.5. The Hall–Kier alpha value is -3.07. The van der Waals surface area contributed by atoms with Crippen molar-refractivity contribution >= 4 is 28.8 Å². The molecule has 3 nitrogen and oxygen atoms in total. The molecule has 0 unspecified atom stereocenters. The smallest absolute Gasteiger partial charge is 0.123 e. The fourth-order valence-electron chi connectivity index (χ4n) is 2.40. The highest BCUT2D eigenvalue weighted by atomic mass is 16.5. The predicted molar refractivity (Wildman–Crippen MR) is 95.8 cm³/mol. The summed E-state index contributed by atoms with van der Waals surface area (Å²) in [5.41, 5.74) is 1.64. The lowest BCUT2D eigenvalue weighted by Crippen LogP contribution is -1.80. The van der Waals surface area contributed by atoms with Crippen LogP contribution >= 0.6 is 0 Å². The van der Waals surface area contributed by atoms with E-state index < -0.39 is 0 Å². The Morgan fingerprint density at radius 1 is 0.957 bits per heavy atom. The first-order valence-electron chi connectivity index (χ1n) is 7.33. The molecule has 0 aromatic heterocycles. The van der Waals surface area contributed by atoms with Crippen LogP contribution in [0.4, 0.5) is 5.69 Å². The van der Waals surface area contributed by atoms with E-state index in [2.05, 4.69) is 4.99 Å². The fraction of sp³-hybridized carbons (Fsp3) is 0.0500. The molecule has 0 heterocycles. The van der Waals surface area contributed by atoms with Crippen LogP contribution in [0.25, 0.3) is 16.8 Å². The lowest BCUT2D eigenvalue weighted by molar-refractivity contribution is 0.415. The number of phenols is 1. The van der Waals surface area contributed by atoms with E-state index in [4.69, 9.17) is 4.74 Å². The van der Waals surface area contributed by atoms with Crippen LogP contribution in [0.3, 0.4) is 0 Å². The Bertz CT molecular complexity index is 864. The monoisotopic (exact) mass is 303 g/mol. The van der Waals surface area contributed by atoms with Crippen LogP contribution in [0.1, 0.15) is 5.56 Å². The van der Waals surface area contributed by atoms with Crippen molar-refractivity contribution in [3.8, 4) is 11.5 Å². The van der Waals surface area contributed by atoms with Gasteiger partial charge in [-0.1, -0.05) is 30.3 Å². The Kier molecular flexibility index (Phi) is 4.39. The average Bonchev–Trinajstić information content (AvgIpc) is 2.60. The van der Waals surface area contributed by atoms with E-state index in [-0.39, 0.29) is 5.75 Å². The number of hydrogen-bond donors (Lipinski definition) is 1. The highest BCUT2D eigenvalue weighted by Crippen LogP contribution is 2.28. The zero-order valence-electron chi connectivity index (χ0n) is 12.8. The Morgan fingerprint density at radius 3 is 2.52 bits per heavy atom. The van der Waals surface area contributed by atoms with Crippen molar-refractivity contribution in [1.29, 1.82) is 0 Å². The standard InChI is InChI=1S/C20H17NO2/c1-23-17-11-9-16(10-12-17)21-14-4-7-19-18-6-3-2-5-15(18)8-13-20(19)22/h2-14,22H,1H3/b7-4+,21-14?. The minimum Gasteiger partial charge on any atom is -0.507 e. The molecule has 0 atom stereocenters. The van der Waals surface area contributed by atoms with Crippen molar-refractivity contribution in [2.45, 2.75) is 0 Å². The maximum absolute atomic E-state index is 10.1. The Labute approximate surface area is 135 Å². The molecule has 3 aromatic rings. The molecule has 3 heteroatoms. The summed E-state index contributed by atoms with van der Waals surface area (Å²) in [7, 11) is 1.64. The number of methoxy groups -OCH3 is 1. The molecule has 3 aromatic carbocycles. The van der Waals surface area contributed by atoms with E-state index in [0.717, 1.165) is 27.8 Å². The van der Waals surface area contributed by atoms with Gasteiger partial charge in [-0.15, -0.1) is 0 Å². The minimum absolute atomic E-state index is 0.262.